The number of carbonyl (C=O) groups is 1. The molecule has 0 bridgehead atoms. The van der Waals surface area contributed by atoms with Crippen molar-refractivity contribution in [1.29, 1.82) is 0 Å². The van der Waals surface area contributed by atoms with E-state index in [4.69, 9.17) is 4.74 Å². The maximum absolute atomic E-state index is 11.9. The van der Waals surface area contributed by atoms with E-state index in [0.29, 0.717) is 0 Å². The van der Waals surface area contributed by atoms with Crippen molar-refractivity contribution in [3.05, 3.63) is 58.7 Å². The summed E-state index contributed by atoms with van der Waals surface area (Å²) in [5.41, 5.74) is 5.38. The molecule has 0 aromatic heterocycles. The van der Waals surface area contributed by atoms with Crippen LogP contribution in [0.3, 0.4) is 0 Å². The van der Waals surface area contributed by atoms with Crippen LogP contribution in [0.5, 0.6) is 5.75 Å². The molecule has 0 atom stereocenters. The Morgan fingerprint density at radius 1 is 0.952 bits per heavy atom. The molecular formula is C18H21NO2. The standard InChI is InChI=1S/C18H21NO2/c1-12-5-7-16(8-6-12)19-18(20)11-21-17-10-14(3)13(2)9-15(17)4/h5-10H,11H2,1-4H3,(H,19,20). The van der Waals surface area contributed by atoms with Crippen LogP contribution in [-0.4, -0.2) is 12.5 Å². The van der Waals surface area contributed by atoms with Gasteiger partial charge in [0.1, 0.15) is 5.75 Å². The number of anilines is 1. The van der Waals surface area contributed by atoms with Crippen LogP contribution in [-0.2, 0) is 4.79 Å². The first kappa shape index (κ1) is 15.1. The second-order valence-corrected chi connectivity index (χ2v) is 5.40. The third kappa shape index (κ3) is 4.09. The Hall–Kier alpha value is -2.29. The van der Waals surface area contributed by atoms with Gasteiger partial charge in [-0.3, -0.25) is 4.79 Å². The minimum atomic E-state index is -0.156. The fourth-order valence-corrected chi connectivity index (χ4v) is 2.07. The Bertz CT molecular complexity index is 645. The predicted molar refractivity (Wildman–Crippen MR) is 86.0 cm³/mol. The van der Waals surface area contributed by atoms with Gasteiger partial charge in [0, 0.05) is 5.69 Å². The maximum Gasteiger partial charge on any atom is 0.262 e. The lowest BCUT2D eigenvalue weighted by atomic mass is 10.1. The molecule has 0 radical (unpaired) electrons. The minimum Gasteiger partial charge on any atom is -0.483 e. The smallest absolute Gasteiger partial charge is 0.262 e. The monoisotopic (exact) mass is 283 g/mol. The van der Waals surface area contributed by atoms with E-state index in [-0.39, 0.29) is 12.5 Å². The Kier molecular flexibility index (Phi) is 4.63. The summed E-state index contributed by atoms with van der Waals surface area (Å²) in [6.45, 7) is 8.11. The minimum absolute atomic E-state index is 0.0111. The molecule has 2 rings (SSSR count). The highest BCUT2D eigenvalue weighted by molar-refractivity contribution is 5.91. The van der Waals surface area contributed by atoms with Gasteiger partial charge in [-0.25, -0.2) is 0 Å². The van der Waals surface area contributed by atoms with Crippen molar-refractivity contribution in [3.8, 4) is 5.75 Å². The molecule has 0 aliphatic rings. The van der Waals surface area contributed by atoms with E-state index in [1.54, 1.807) is 0 Å². The topological polar surface area (TPSA) is 38.3 Å². The zero-order chi connectivity index (χ0) is 15.4. The van der Waals surface area contributed by atoms with Crippen LogP contribution in [0, 0.1) is 27.7 Å². The van der Waals surface area contributed by atoms with Crippen LogP contribution in [0.1, 0.15) is 22.3 Å². The third-order valence-electron chi connectivity index (χ3n) is 3.49. The summed E-state index contributed by atoms with van der Waals surface area (Å²) < 4.78 is 5.62. The van der Waals surface area contributed by atoms with E-state index in [0.717, 1.165) is 28.1 Å². The zero-order valence-corrected chi connectivity index (χ0v) is 13.0. The summed E-state index contributed by atoms with van der Waals surface area (Å²) in [5.74, 6) is 0.605. The molecule has 0 fully saturated rings. The van der Waals surface area contributed by atoms with E-state index >= 15 is 0 Å². The maximum atomic E-state index is 11.9. The van der Waals surface area contributed by atoms with E-state index in [2.05, 4.69) is 18.3 Å². The van der Waals surface area contributed by atoms with Crippen molar-refractivity contribution in [3.63, 3.8) is 0 Å². The first-order valence-electron chi connectivity index (χ1n) is 7.03. The molecule has 1 amide bonds. The third-order valence-corrected chi connectivity index (χ3v) is 3.49. The van der Waals surface area contributed by atoms with Crippen LogP contribution >= 0.6 is 0 Å². The van der Waals surface area contributed by atoms with Crippen LogP contribution in [0.2, 0.25) is 0 Å². The summed E-state index contributed by atoms with van der Waals surface area (Å²) in [6, 6.07) is 11.7. The molecule has 0 spiro atoms. The van der Waals surface area contributed by atoms with Crippen LogP contribution < -0.4 is 10.1 Å². The van der Waals surface area contributed by atoms with Crippen LogP contribution in [0.4, 0.5) is 5.69 Å². The van der Waals surface area contributed by atoms with Gasteiger partial charge in [-0.15, -0.1) is 0 Å². The van der Waals surface area contributed by atoms with Crippen molar-refractivity contribution in [1.82, 2.24) is 0 Å². The number of amides is 1. The van der Waals surface area contributed by atoms with Crippen LogP contribution in [0.25, 0.3) is 0 Å². The van der Waals surface area contributed by atoms with Gasteiger partial charge in [0.15, 0.2) is 6.61 Å². The van der Waals surface area contributed by atoms with E-state index in [1.807, 2.05) is 51.1 Å². The molecule has 21 heavy (non-hydrogen) atoms. The number of carbonyl (C=O) groups excluding carboxylic acids is 1. The quantitative estimate of drug-likeness (QED) is 0.923. The number of hydrogen-bond donors (Lipinski definition) is 1. The fourth-order valence-electron chi connectivity index (χ4n) is 2.07. The second kappa shape index (κ2) is 6.44. The van der Waals surface area contributed by atoms with E-state index < -0.39 is 0 Å². The van der Waals surface area contributed by atoms with Gasteiger partial charge in [0.2, 0.25) is 0 Å². The first-order chi connectivity index (χ1) is 9.95. The Labute approximate surface area is 126 Å². The number of ether oxygens (including phenoxy) is 1. The average Bonchev–Trinajstić information content (AvgIpc) is 2.44. The molecule has 0 unspecified atom stereocenters. The molecular weight excluding hydrogens is 262 g/mol. The van der Waals surface area contributed by atoms with Gasteiger partial charge in [0.25, 0.3) is 5.91 Å². The SMILES string of the molecule is Cc1ccc(NC(=O)COc2cc(C)c(C)cc2C)cc1. The number of aryl methyl sites for hydroxylation is 4. The predicted octanol–water partition coefficient (Wildman–Crippen LogP) is 3.94. The van der Waals surface area contributed by atoms with Crippen molar-refractivity contribution in [2.45, 2.75) is 27.7 Å². The molecule has 3 nitrogen and oxygen atoms in total. The number of benzene rings is 2. The van der Waals surface area contributed by atoms with Gasteiger partial charge in [-0.1, -0.05) is 23.8 Å². The molecule has 110 valence electrons. The molecule has 0 aliphatic heterocycles. The van der Waals surface area contributed by atoms with E-state index in [9.17, 15) is 4.79 Å². The Morgan fingerprint density at radius 3 is 2.24 bits per heavy atom. The number of nitrogens with one attached hydrogen (secondary N) is 1. The lowest BCUT2D eigenvalue weighted by Gasteiger charge is -2.12. The number of hydrogen-bond acceptors (Lipinski definition) is 2. The normalized spacial score (nSPS) is 10.3. The van der Waals surface area contributed by atoms with Gasteiger partial charge in [-0.2, -0.15) is 0 Å². The molecule has 3 heteroatoms. The second-order valence-electron chi connectivity index (χ2n) is 5.40. The van der Waals surface area contributed by atoms with Crippen LogP contribution in [0.15, 0.2) is 36.4 Å². The summed E-state index contributed by atoms with van der Waals surface area (Å²) in [6.07, 6.45) is 0. The molecule has 0 heterocycles. The highest BCUT2D eigenvalue weighted by Gasteiger charge is 2.07. The first-order valence-corrected chi connectivity index (χ1v) is 7.03. The molecule has 0 saturated heterocycles. The molecule has 0 aliphatic carbocycles. The van der Waals surface area contributed by atoms with Gasteiger partial charge in [0.05, 0.1) is 0 Å². The Morgan fingerprint density at radius 2 is 1.57 bits per heavy atom. The molecule has 0 saturated carbocycles. The van der Waals surface area contributed by atoms with Crippen molar-refractivity contribution in [2.24, 2.45) is 0 Å². The largest absolute Gasteiger partial charge is 0.483 e. The lowest BCUT2D eigenvalue weighted by molar-refractivity contribution is -0.118. The number of rotatable bonds is 4. The summed E-state index contributed by atoms with van der Waals surface area (Å²) >= 11 is 0. The average molecular weight is 283 g/mol. The molecule has 1 N–H and O–H groups in total. The van der Waals surface area contributed by atoms with Gasteiger partial charge >= 0.3 is 0 Å². The zero-order valence-electron chi connectivity index (χ0n) is 13.0. The Balaban J connectivity index is 1.95. The van der Waals surface area contributed by atoms with Crippen molar-refractivity contribution < 1.29 is 9.53 Å². The lowest BCUT2D eigenvalue weighted by Crippen LogP contribution is -2.20. The van der Waals surface area contributed by atoms with Gasteiger partial charge in [-0.05, 0) is 62.6 Å². The summed E-state index contributed by atoms with van der Waals surface area (Å²) in [7, 11) is 0. The summed E-state index contributed by atoms with van der Waals surface area (Å²) in [5, 5.41) is 2.82. The van der Waals surface area contributed by atoms with Crippen molar-refractivity contribution >= 4 is 11.6 Å². The molecule has 2 aromatic carbocycles. The highest BCUT2D eigenvalue weighted by atomic mass is 16.5. The highest BCUT2D eigenvalue weighted by Crippen LogP contribution is 2.22. The van der Waals surface area contributed by atoms with Crippen molar-refractivity contribution in [2.75, 3.05) is 11.9 Å². The summed E-state index contributed by atoms with van der Waals surface area (Å²) in [4.78, 5) is 11.9. The molecule has 2 aromatic rings. The van der Waals surface area contributed by atoms with E-state index in [1.165, 1.54) is 5.56 Å². The van der Waals surface area contributed by atoms with Gasteiger partial charge < -0.3 is 10.1 Å². The fraction of sp³-hybridized carbons (Fsp3) is 0.278.